The molecule has 0 aliphatic carbocycles. The van der Waals surface area contributed by atoms with Crippen molar-refractivity contribution >= 4 is 21.9 Å². The number of hydrogen-bond donors (Lipinski definition) is 1. The summed E-state index contributed by atoms with van der Waals surface area (Å²) in [6.45, 7) is 1.98. The van der Waals surface area contributed by atoms with E-state index in [1.165, 1.54) is 0 Å². The van der Waals surface area contributed by atoms with Crippen molar-refractivity contribution in [3.63, 3.8) is 0 Å². The van der Waals surface area contributed by atoms with Crippen LogP contribution in [0.3, 0.4) is 0 Å². The van der Waals surface area contributed by atoms with Crippen molar-refractivity contribution in [2.45, 2.75) is 12.8 Å². The molecule has 6 rings (SSSR count). The summed E-state index contributed by atoms with van der Waals surface area (Å²) < 4.78 is 23.2. The number of aromatic nitrogens is 1. The van der Waals surface area contributed by atoms with E-state index in [1.807, 2.05) is 49.4 Å². The summed E-state index contributed by atoms with van der Waals surface area (Å²) in [6, 6.07) is 23.9. The van der Waals surface area contributed by atoms with Crippen molar-refractivity contribution in [1.29, 1.82) is 5.26 Å². The first-order chi connectivity index (χ1) is 18.5. The summed E-state index contributed by atoms with van der Waals surface area (Å²) in [7, 11) is 1.58. The highest BCUT2D eigenvalue weighted by Gasteiger charge is 2.38. The Balaban J connectivity index is 1.66. The summed E-state index contributed by atoms with van der Waals surface area (Å²) in [5.41, 5.74) is 8.35. The van der Waals surface area contributed by atoms with E-state index in [9.17, 15) is 10.1 Å². The highest BCUT2D eigenvalue weighted by atomic mass is 16.5. The number of pyridine rings is 1. The fourth-order valence-electron chi connectivity index (χ4n) is 4.66. The van der Waals surface area contributed by atoms with Gasteiger partial charge in [-0.3, -0.25) is 0 Å². The standard InChI is InChI=1S/C30H21N3O5/c1-16-7-9-18(10-8-16)36-29-21(14-17-13-19(35-2)11-12-23(17)33-29)25-22(15-31)28(32)38-27-20-5-3-4-6-24(20)37-30(34)26(25)27/h3-14,25H,32H2,1-2H3. The van der Waals surface area contributed by atoms with Crippen molar-refractivity contribution in [2.24, 2.45) is 5.73 Å². The second kappa shape index (κ2) is 8.98. The summed E-state index contributed by atoms with van der Waals surface area (Å²) in [5.74, 6) is 0.584. The molecule has 0 amide bonds. The van der Waals surface area contributed by atoms with E-state index in [4.69, 9.17) is 29.3 Å². The van der Waals surface area contributed by atoms with Gasteiger partial charge in [-0.05, 0) is 55.5 Å². The molecule has 0 spiro atoms. The van der Waals surface area contributed by atoms with E-state index in [2.05, 4.69) is 6.07 Å². The molecule has 8 nitrogen and oxygen atoms in total. The SMILES string of the molecule is COc1ccc2nc(Oc3ccc(C)cc3)c(C3C(C#N)=C(N)Oc4c3c(=O)oc3ccccc43)cc2c1. The molecule has 5 aromatic rings. The highest BCUT2D eigenvalue weighted by Crippen LogP contribution is 2.46. The fourth-order valence-corrected chi connectivity index (χ4v) is 4.66. The number of methoxy groups -OCH3 is 1. The average molecular weight is 504 g/mol. The summed E-state index contributed by atoms with van der Waals surface area (Å²) in [4.78, 5) is 18.2. The largest absolute Gasteiger partial charge is 0.497 e. The van der Waals surface area contributed by atoms with E-state index >= 15 is 0 Å². The molecule has 0 saturated heterocycles. The molecule has 0 bridgehead atoms. The highest BCUT2D eigenvalue weighted by molar-refractivity contribution is 5.87. The van der Waals surface area contributed by atoms with E-state index < -0.39 is 11.5 Å². The van der Waals surface area contributed by atoms with Crippen LogP contribution in [0.25, 0.3) is 21.9 Å². The van der Waals surface area contributed by atoms with Crippen LogP contribution < -0.4 is 25.6 Å². The molecule has 1 unspecified atom stereocenters. The minimum atomic E-state index is -0.951. The van der Waals surface area contributed by atoms with Crippen LogP contribution in [0.1, 0.15) is 22.6 Å². The third-order valence-electron chi connectivity index (χ3n) is 6.54. The molecule has 1 aliphatic heterocycles. The van der Waals surface area contributed by atoms with Crippen LogP contribution in [-0.2, 0) is 0 Å². The quantitative estimate of drug-likeness (QED) is 0.312. The van der Waals surface area contributed by atoms with Crippen molar-refractivity contribution in [3.8, 4) is 29.2 Å². The van der Waals surface area contributed by atoms with Gasteiger partial charge in [-0.1, -0.05) is 29.8 Å². The minimum absolute atomic E-state index is 0.0536. The van der Waals surface area contributed by atoms with Gasteiger partial charge in [-0.15, -0.1) is 0 Å². The molecule has 2 N–H and O–H groups in total. The molecule has 0 saturated carbocycles. The number of ether oxygens (including phenoxy) is 3. The van der Waals surface area contributed by atoms with E-state index in [0.717, 1.165) is 10.9 Å². The number of nitrogens with zero attached hydrogens (tertiary/aromatic N) is 2. The predicted molar refractivity (Wildman–Crippen MR) is 141 cm³/mol. The van der Waals surface area contributed by atoms with Gasteiger partial charge in [0.15, 0.2) is 5.75 Å². The van der Waals surface area contributed by atoms with Crippen LogP contribution in [0.2, 0.25) is 0 Å². The number of rotatable bonds is 4. The van der Waals surface area contributed by atoms with Crippen LogP contribution >= 0.6 is 0 Å². The molecule has 0 radical (unpaired) electrons. The Labute approximate surface area is 217 Å². The number of allylic oxidation sites excluding steroid dienone is 1. The Morgan fingerprint density at radius 1 is 1.03 bits per heavy atom. The Kier molecular flexibility index (Phi) is 5.47. The number of nitriles is 1. The number of nitrogens with two attached hydrogens (primary N) is 1. The number of fused-ring (bicyclic) bond motifs is 4. The van der Waals surface area contributed by atoms with Crippen LogP contribution in [-0.4, -0.2) is 12.1 Å². The summed E-state index contributed by atoms with van der Waals surface area (Å²) >= 11 is 0. The van der Waals surface area contributed by atoms with Crippen LogP contribution in [0.15, 0.2) is 93.5 Å². The van der Waals surface area contributed by atoms with Gasteiger partial charge in [0.05, 0.1) is 29.5 Å². The van der Waals surface area contributed by atoms with Gasteiger partial charge in [0, 0.05) is 10.9 Å². The smallest absolute Gasteiger partial charge is 0.344 e. The van der Waals surface area contributed by atoms with Gasteiger partial charge < -0.3 is 24.4 Å². The monoisotopic (exact) mass is 503 g/mol. The lowest BCUT2D eigenvalue weighted by Gasteiger charge is -2.27. The topological polar surface area (TPSA) is 121 Å². The first-order valence-electron chi connectivity index (χ1n) is 11.8. The number of para-hydroxylation sites is 1. The number of aryl methyl sites for hydroxylation is 1. The molecular formula is C30H21N3O5. The van der Waals surface area contributed by atoms with E-state index in [1.54, 1.807) is 37.4 Å². The molecular weight excluding hydrogens is 482 g/mol. The van der Waals surface area contributed by atoms with Crippen LogP contribution in [0.4, 0.5) is 0 Å². The molecule has 38 heavy (non-hydrogen) atoms. The van der Waals surface area contributed by atoms with Crippen molar-refractivity contribution in [1.82, 2.24) is 4.98 Å². The van der Waals surface area contributed by atoms with Gasteiger partial charge in [-0.2, -0.15) is 5.26 Å². The maximum absolute atomic E-state index is 13.4. The van der Waals surface area contributed by atoms with Crippen molar-refractivity contribution in [2.75, 3.05) is 7.11 Å². The Morgan fingerprint density at radius 2 is 1.79 bits per heavy atom. The zero-order chi connectivity index (χ0) is 26.4. The lowest BCUT2D eigenvalue weighted by molar-refractivity contribution is 0.385. The second-order valence-electron chi connectivity index (χ2n) is 8.91. The third-order valence-corrected chi connectivity index (χ3v) is 6.54. The molecule has 3 heterocycles. The Morgan fingerprint density at radius 3 is 2.55 bits per heavy atom. The summed E-state index contributed by atoms with van der Waals surface area (Å²) in [5, 5.41) is 11.4. The number of benzene rings is 3. The van der Waals surface area contributed by atoms with Crippen LogP contribution in [0.5, 0.6) is 23.1 Å². The fraction of sp³-hybridized carbons (Fsp3) is 0.100. The molecule has 2 aromatic heterocycles. The van der Waals surface area contributed by atoms with E-state index in [-0.39, 0.29) is 28.6 Å². The molecule has 3 aromatic carbocycles. The first-order valence-corrected chi connectivity index (χ1v) is 11.8. The zero-order valence-electron chi connectivity index (χ0n) is 20.5. The van der Waals surface area contributed by atoms with Gasteiger partial charge in [0.25, 0.3) is 0 Å². The molecule has 0 fully saturated rings. The molecule has 186 valence electrons. The summed E-state index contributed by atoms with van der Waals surface area (Å²) in [6.07, 6.45) is 0. The molecule has 8 heteroatoms. The Hall–Kier alpha value is -5.29. The predicted octanol–water partition coefficient (Wildman–Crippen LogP) is 5.67. The van der Waals surface area contributed by atoms with Gasteiger partial charge >= 0.3 is 5.63 Å². The number of hydrogen-bond acceptors (Lipinski definition) is 8. The maximum atomic E-state index is 13.4. The first kappa shape index (κ1) is 23.1. The van der Waals surface area contributed by atoms with Crippen molar-refractivity contribution < 1.29 is 18.6 Å². The maximum Gasteiger partial charge on any atom is 0.344 e. The normalized spacial score (nSPS) is 14.6. The molecule has 1 aliphatic rings. The van der Waals surface area contributed by atoms with E-state index in [0.29, 0.717) is 33.5 Å². The van der Waals surface area contributed by atoms with Crippen LogP contribution in [0, 0.1) is 18.3 Å². The lowest BCUT2D eigenvalue weighted by atomic mass is 9.83. The Bertz CT molecular complexity index is 1870. The van der Waals surface area contributed by atoms with Gasteiger partial charge in [0.2, 0.25) is 11.8 Å². The zero-order valence-corrected chi connectivity index (χ0v) is 20.5. The van der Waals surface area contributed by atoms with Gasteiger partial charge in [0.1, 0.15) is 28.7 Å². The van der Waals surface area contributed by atoms with Gasteiger partial charge in [-0.25, -0.2) is 9.78 Å². The van der Waals surface area contributed by atoms with Crippen molar-refractivity contribution in [3.05, 3.63) is 111 Å². The lowest BCUT2D eigenvalue weighted by Crippen LogP contribution is -2.26. The minimum Gasteiger partial charge on any atom is -0.497 e. The molecule has 1 atom stereocenters. The average Bonchev–Trinajstić information content (AvgIpc) is 2.93. The second-order valence-corrected chi connectivity index (χ2v) is 8.91. The third kappa shape index (κ3) is 3.78.